The van der Waals surface area contributed by atoms with Crippen molar-refractivity contribution in [2.24, 2.45) is 10.3 Å². The lowest BCUT2D eigenvalue weighted by molar-refractivity contribution is -0.128. The number of nitrogens with one attached hydrogen (secondary N) is 1. The van der Waals surface area contributed by atoms with E-state index in [-0.39, 0.29) is 25.5 Å². The molecule has 16 heavy (non-hydrogen) atoms. The Morgan fingerprint density at radius 1 is 1.19 bits per heavy atom. The van der Waals surface area contributed by atoms with E-state index in [9.17, 15) is 4.79 Å². The van der Waals surface area contributed by atoms with Crippen LogP contribution in [0.4, 0.5) is 0 Å². The molecule has 0 aliphatic carbocycles. The molecule has 0 aliphatic rings. The molecule has 0 saturated carbocycles. The Labute approximate surface area is 94.4 Å². The van der Waals surface area contributed by atoms with Crippen molar-refractivity contribution < 1.29 is 15.2 Å². The topological polar surface area (TPSA) is 97.5 Å². The summed E-state index contributed by atoms with van der Waals surface area (Å²) in [6, 6.07) is 0. The Kier molecular flexibility index (Phi) is 6.86. The summed E-state index contributed by atoms with van der Waals surface area (Å²) in [5.74, 6) is -0.159. The van der Waals surface area contributed by atoms with Crippen LogP contribution in [0.3, 0.4) is 0 Å². The van der Waals surface area contributed by atoms with E-state index >= 15 is 0 Å². The fourth-order valence-corrected chi connectivity index (χ4v) is 1.11. The van der Waals surface area contributed by atoms with E-state index in [2.05, 4.69) is 15.6 Å². The monoisotopic (exact) mass is 230 g/mol. The van der Waals surface area contributed by atoms with Crippen molar-refractivity contribution in [1.29, 1.82) is 0 Å². The Morgan fingerprint density at radius 2 is 1.62 bits per heavy atom. The largest absolute Gasteiger partial charge is 0.411 e. The van der Waals surface area contributed by atoms with Crippen molar-refractivity contribution in [2.75, 3.05) is 26.7 Å². The number of oxime groups is 2. The highest BCUT2D eigenvalue weighted by Gasteiger charge is 2.14. The molecule has 7 heteroatoms. The lowest BCUT2D eigenvalue weighted by Gasteiger charge is -2.21. The molecule has 0 aromatic heterocycles. The molecular formula is C9H18N4O3. The van der Waals surface area contributed by atoms with E-state index < -0.39 is 0 Å². The number of likely N-dealkylation sites (N-methyl/N-ethyl adjacent to an activating group) is 1. The minimum atomic E-state index is -0.159. The Balaban J connectivity index is 4.56. The van der Waals surface area contributed by atoms with Crippen molar-refractivity contribution >= 4 is 17.3 Å². The molecule has 0 rings (SSSR count). The highest BCUT2D eigenvalue weighted by molar-refractivity contribution is 5.92. The van der Waals surface area contributed by atoms with Crippen LogP contribution in [0.1, 0.15) is 13.8 Å². The van der Waals surface area contributed by atoms with Gasteiger partial charge in [0.2, 0.25) is 5.91 Å². The van der Waals surface area contributed by atoms with Crippen molar-refractivity contribution in [3.63, 3.8) is 0 Å². The normalized spacial score (nSPS) is 12.7. The molecule has 0 radical (unpaired) electrons. The van der Waals surface area contributed by atoms with Gasteiger partial charge in [-0.15, -0.1) is 0 Å². The van der Waals surface area contributed by atoms with E-state index in [0.29, 0.717) is 11.4 Å². The number of hydrogen-bond donors (Lipinski definition) is 3. The van der Waals surface area contributed by atoms with Crippen LogP contribution in [0.5, 0.6) is 0 Å². The van der Waals surface area contributed by atoms with Crippen LogP contribution in [-0.4, -0.2) is 59.3 Å². The fourth-order valence-electron chi connectivity index (χ4n) is 1.11. The van der Waals surface area contributed by atoms with E-state index in [1.54, 1.807) is 20.9 Å². The molecule has 0 fully saturated rings. The highest BCUT2D eigenvalue weighted by atomic mass is 16.4. The molecule has 0 spiro atoms. The van der Waals surface area contributed by atoms with Crippen LogP contribution in [0.2, 0.25) is 0 Å². The van der Waals surface area contributed by atoms with E-state index in [4.69, 9.17) is 10.4 Å². The zero-order valence-electron chi connectivity index (χ0n) is 9.77. The molecule has 0 aromatic carbocycles. The fraction of sp³-hybridized carbons (Fsp3) is 0.667. The first-order valence-corrected chi connectivity index (χ1v) is 4.82. The van der Waals surface area contributed by atoms with Gasteiger partial charge < -0.3 is 20.6 Å². The second-order valence-corrected chi connectivity index (χ2v) is 3.45. The van der Waals surface area contributed by atoms with Crippen LogP contribution >= 0.6 is 0 Å². The molecule has 0 saturated heterocycles. The number of nitrogens with zero attached hydrogens (tertiary/aromatic N) is 3. The summed E-state index contributed by atoms with van der Waals surface area (Å²) in [6.07, 6.45) is 0. The van der Waals surface area contributed by atoms with Gasteiger partial charge in [0.05, 0.1) is 31.1 Å². The third-order valence-electron chi connectivity index (χ3n) is 1.86. The summed E-state index contributed by atoms with van der Waals surface area (Å²) in [5.41, 5.74) is 0.824. The van der Waals surface area contributed by atoms with Crippen molar-refractivity contribution in [3.8, 4) is 0 Å². The van der Waals surface area contributed by atoms with Crippen LogP contribution in [-0.2, 0) is 4.79 Å². The smallest absolute Gasteiger partial charge is 0.237 e. The average Bonchev–Trinajstić information content (AvgIpc) is 2.27. The van der Waals surface area contributed by atoms with Crippen LogP contribution in [0.15, 0.2) is 10.3 Å². The Hall–Kier alpha value is -1.63. The zero-order valence-corrected chi connectivity index (χ0v) is 9.77. The lowest BCUT2D eigenvalue weighted by Crippen LogP contribution is -2.42. The molecule has 0 atom stereocenters. The number of carbonyl (C=O) groups excluding carboxylic acids is 1. The SMILES string of the molecule is CNCC(=O)N(C/C(C)=N/O)C/C(C)=N/O. The van der Waals surface area contributed by atoms with Gasteiger partial charge in [0.15, 0.2) is 0 Å². The van der Waals surface area contributed by atoms with Gasteiger partial charge in [0, 0.05) is 0 Å². The van der Waals surface area contributed by atoms with Crippen LogP contribution in [0, 0.1) is 0 Å². The zero-order chi connectivity index (χ0) is 12.6. The second-order valence-electron chi connectivity index (χ2n) is 3.45. The van der Waals surface area contributed by atoms with Crippen LogP contribution < -0.4 is 5.32 Å². The maximum atomic E-state index is 11.6. The Morgan fingerprint density at radius 3 is 1.94 bits per heavy atom. The summed E-state index contributed by atoms with van der Waals surface area (Å²) >= 11 is 0. The third kappa shape index (κ3) is 5.30. The molecule has 0 unspecified atom stereocenters. The second kappa shape index (κ2) is 7.63. The van der Waals surface area contributed by atoms with Gasteiger partial charge in [-0.1, -0.05) is 10.3 Å². The summed E-state index contributed by atoms with van der Waals surface area (Å²) in [6.45, 7) is 3.78. The molecule has 7 nitrogen and oxygen atoms in total. The maximum Gasteiger partial charge on any atom is 0.237 e. The standard InChI is InChI=1S/C9H18N4O3/c1-7(11-15)5-13(6-8(2)12-16)9(14)4-10-3/h10,15-16H,4-6H2,1-3H3/b11-7+,12-8+. The predicted molar refractivity (Wildman–Crippen MR) is 60.3 cm³/mol. The predicted octanol–water partition coefficient (Wildman–Crippen LogP) is -0.265. The minimum Gasteiger partial charge on any atom is -0.411 e. The quantitative estimate of drug-likeness (QED) is 0.332. The average molecular weight is 230 g/mol. The van der Waals surface area contributed by atoms with Crippen LogP contribution in [0.25, 0.3) is 0 Å². The molecule has 0 bridgehead atoms. The summed E-state index contributed by atoms with van der Waals surface area (Å²) in [7, 11) is 1.66. The van der Waals surface area contributed by atoms with Crippen molar-refractivity contribution in [1.82, 2.24) is 10.2 Å². The van der Waals surface area contributed by atoms with Gasteiger partial charge in [0.1, 0.15) is 0 Å². The molecule has 3 N–H and O–H groups in total. The van der Waals surface area contributed by atoms with Crippen molar-refractivity contribution in [2.45, 2.75) is 13.8 Å². The summed E-state index contributed by atoms with van der Waals surface area (Å²) in [4.78, 5) is 13.1. The third-order valence-corrected chi connectivity index (χ3v) is 1.86. The van der Waals surface area contributed by atoms with E-state index in [1.807, 2.05) is 0 Å². The number of amides is 1. The minimum absolute atomic E-state index is 0.159. The number of hydrogen-bond acceptors (Lipinski definition) is 6. The lowest BCUT2D eigenvalue weighted by atomic mass is 10.3. The molecule has 92 valence electrons. The van der Waals surface area contributed by atoms with Gasteiger partial charge >= 0.3 is 0 Å². The van der Waals surface area contributed by atoms with E-state index in [1.165, 1.54) is 4.90 Å². The molecule has 1 amide bonds. The summed E-state index contributed by atoms with van der Waals surface area (Å²) < 4.78 is 0. The first-order valence-electron chi connectivity index (χ1n) is 4.82. The number of carbonyl (C=O) groups is 1. The van der Waals surface area contributed by atoms with Gasteiger partial charge in [-0.3, -0.25) is 4.79 Å². The van der Waals surface area contributed by atoms with Crippen molar-refractivity contribution in [3.05, 3.63) is 0 Å². The van der Waals surface area contributed by atoms with E-state index in [0.717, 1.165) is 0 Å². The molecule has 0 aromatic rings. The maximum absolute atomic E-state index is 11.6. The molecular weight excluding hydrogens is 212 g/mol. The first-order chi connectivity index (χ1) is 7.54. The number of rotatable bonds is 6. The van der Waals surface area contributed by atoms with Gasteiger partial charge in [-0.2, -0.15) is 0 Å². The van der Waals surface area contributed by atoms with Gasteiger partial charge in [-0.05, 0) is 20.9 Å². The summed E-state index contributed by atoms with van der Waals surface area (Å²) in [5, 5.41) is 25.8. The molecule has 0 aliphatic heterocycles. The van der Waals surface area contributed by atoms with Gasteiger partial charge in [-0.25, -0.2) is 0 Å². The highest BCUT2D eigenvalue weighted by Crippen LogP contribution is 1.93. The Bertz CT molecular complexity index is 268. The molecule has 0 heterocycles. The first kappa shape index (κ1) is 14.4. The van der Waals surface area contributed by atoms with Gasteiger partial charge in [0.25, 0.3) is 0 Å².